The number of thioether (sulfide) groups is 1. The van der Waals surface area contributed by atoms with Gasteiger partial charge in [0.1, 0.15) is 0 Å². The summed E-state index contributed by atoms with van der Waals surface area (Å²) in [5.41, 5.74) is 4.26. The monoisotopic (exact) mass is 368 g/mol. The maximum Gasteiger partial charge on any atom is 0.253 e. The Kier molecular flexibility index (Phi) is 5.27. The molecule has 1 aromatic heterocycles. The Morgan fingerprint density at radius 1 is 1.15 bits per heavy atom. The summed E-state index contributed by atoms with van der Waals surface area (Å²) in [4.78, 5) is 33.2. The molecule has 2 N–H and O–H groups in total. The first-order chi connectivity index (χ1) is 12.4. The Balaban J connectivity index is 1.57. The van der Waals surface area contributed by atoms with Crippen LogP contribution in [0.1, 0.15) is 15.9 Å². The van der Waals surface area contributed by atoms with E-state index in [-0.39, 0.29) is 17.6 Å². The highest BCUT2D eigenvalue weighted by Crippen LogP contribution is 2.20. The third kappa shape index (κ3) is 4.23. The fourth-order valence-corrected chi connectivity index (χ4v) is 3.14. The zero-order valence-corrected chi connectivity index (χ0v) is 15.7. The van der Waals surface area contributed by atoms with Gasteiger partial charge in [-0.2, -0.15) is 0 Å². The molecule has 6 nitrogen and oxygen atoms in total. The van der Waals surface area contributed by atoms with Gasteiger partial charge in [0.25, 0.3) is 5.91 Å². The van der Waals surface area contributed by atoms with Crippen LogP contribution < -0.4 is 5.32 Å². The summed E-state index contributed by atoms with van der Waals surface area (Å²) in [5, 5.41) is 3.54. The molecule has 7 heteroatoms. The Hall–Kier alpha value is -2.80. The molecule has 26 heavy (non-hydrogen) atoms. The molecule has 0 unspecified atom stereocenters. The number of benzene rings is 2. The van der Waals surface area contributed by atoms with Crippen molar-refractivity contribution in [3.63, 3.8) is 0 Å². The summed E-state index contributed by atoms with van der Waals surface area (Å²) in [7, 11) is 3.41. The molecule has 0 aliphatic heterocycles. The molecule has 3 aromatic rings. The fraction of sp³-hybridized carbons (Fsp3) is 0.211. The number of hydrogen-bond acceptors (Lipinski definition) is 4. The van der Waals surface area contributed by atoms with Gasteiger partial charge in [-0.3, -0.25) is 9.59 Å². The van der Waals surface area contributed by atoms with Gasteiger partial charge >= 0.3 is 0 Å². The second-order valence-corrected chi connectivity index (χ2v) is 7.14. The van der Waals surface area contributed by atoms with Crippen molar-refractivity contribution in [3.8, 4) is 0 Å². The van der Waals surface area contributed by atoms with Crippen molar-refractivity contribution >= 4 is 40.3 Å². The molecule has 0 aliphatic rings. The molecule has 0 spiro atoms. The molecule has 0 fully saturated rings. The van der Waals surface area contributed by atoms with Gasteiger partial charge in [0.05, 0.1) is 16.8 Å². The summed E-state index contributed by atoms with van der Waals surface area (Å²) >= 11 is 1.35. The van der Waals surface area contributed by atoms with Gasteiger partial charge in [-0.1, -0.05) is 17.8 Å². The molecule has 0 radical (unpaired) electrons. The average molecular weight is 368 g/mol. The maximum absolute atomic E-state index is 12.1. The molecular weight excluding hydrogens is 348 g/mol. The van der Waals surface area contributed by atoms with Crippen LogP contribution in [-0.4, -0.2) is 46.5 Å². The van der Waals surface area contributed by atoms with E-state index >= 15 is 0 Å². The zero-order valence-electron chi connectivity index (χ0n) is 14.9. The Morgan fingerprint density at radius 2 is 1.88 bits per heavy atom. The van der Waals surface area contributed by atoms with Crippen molar-refractivity contribution in [1.82, 2.24) is 14.9 Å². The normalized spacial score (nSPS) is 10.7. The first-order valence-electron chi connectivity index (χ1n) is 8.13. The third-order valence-electron chi connectivity index (χ3n) is 3.78. The van der Waals surface area contributed by atoms with Crippen LogP contribution in [0.2, 0.25) is 0 Å². The summed E-state index contributed by atoms with van der Waals surface area (Å²) in [6, 6.07) is 12.9. The SMILES string of the molecule is Cc1ccc2nc(SCC(=O)Nc3ccc(C(=O)N(C)C)cc3)[nH]c2c1. The average Bonchev–Trinajstić information content (AvgIpc) is 3.02. The van der Waals surface area contributed by atoms with Gasteiger partial charge < -0.3 is 15.2 Å². The molecule has 2 amide bonds. The number of carbonyl (C=O) groups is 2. The lowest BCUT2D eigenvalue weighted by Crippen LogP contribution is -2.21. The van der Waals surface area contributed by atoms with Crippen molar-refractivity contribution in [3.05, 3.63) is 53.6 Å². The molecule has 0 atom stereocenters. The maximum atomic E-state index is 12.1. The number of nitrogens with zero attached hydrogens (tertiary/aromatic N) is 2. The van der Waals surface area contributed by atoms with E-state index < -0.39 is 0 Å². The summed E-state index contributed by atoms with van der Waals surface area (Å²) in [6.45, 7) is 2.03. The number of carbonyl (C=O) groups excluding carboxylic acids is 2. The number of amides is 2. The summed E-state index contributed by atoms with van der Waals surface area (Å²) in [6.07, 6.45) is 0. The lowest BCUT2D eigenvalue weighted by molar-refractivity contribution is -0.113. The lowest BCUT2D eigenvalue weighted by atomic mass is 10.2. The summed E-state index contributed by atoms with van der Waals surface area (Å²) in [5.74, 6) is 0.0499. The van der Waals surface area contributed by atoms with Crippen molar-refractivity contribution in [1.29, 1.82) is 0 Å². The summed E-state index contributed by atoms with van der Waals surface area (Å²) < 4.78 is 0. The minimum atomic E-state index is -0.127. The largest absolute Gasteiger partial charge is 0.345 e. The van der Waals surface area contributed by atoms with E-state index in [4.69, 9.17) is 0 Å². The van der Waals surface area contributed by atoms with Crippen LogP contribution in [0.5, 0.6) is 0 Å². The number of fused-ring (bicyclic) bond motifs is 1. The number of nitrogens with one attached hydrogen (secondary N) is 2. The quantitative estimate of drug-likeness (QED) is 0.677. The van der Waals surface area contributed by atoms with E-state index in [1.807, 2.05) is 25.1 Å². The van der Waals surface area contributed by atoms with E-state index in [1.165, 1.54) is 16.7 Å². The Morgan fingerprint density at radius 3 is 2.58 bits per heavy atom. The molecule has 1 heterocycles. The van der Waals surface area contributed by atoms with Crippen molar-refractivity contribution in [2.75, 3.05) is 25.2 Å². The van der Waals surface area contributed by atoms with Crippen LogP contribution in [0.15, 0.2) is 47.6 Å². The fourth-order valence-electron chi connectivity index (χ4n) is 2.45. The smallest absolute Gasteiger partial charge is 0.253 e. The number of aromatic nitrogens is 2. The number of aryl methyl sites for hydroxylation is 1. The van der Waals surface area contributed by atoms with Crippen LogP contribution in [0, 0.1) is 6.92 Å². The van der Waals surface area contributed by atoms with Gasteiger partial charge in [-0.25, -0.2) is 4.98 Å². The van der Waals surface area contributed by atoms with Gasteiger partial charge in [0, 0.05) is 25.3 Å². The number of imidazole rings is 1. The van der Waals surface area contributed by atoms with Gasteiger partial charge in [-0.15, -0.1) is 0 Å². The van der Waals surface area contributed by atoms with Crippen LogP contribution >= 0.6 is 11.8 Å². The molecule has 0 saturated carbocycles. The van der Waals surface area contributed by atoms with Crippen molar-refractivity contribution in [2.45, 2.75) is 12.1 Å². The molecule has 0 aliphatic carbocycles. The number of aromatic amines is 1. The van der Waals surface area contributed by atoms with Gasteiger partial charge in [0.2, 0.25) is 5.91 Å². The molecule has 2 aromatic carbocycles. The van der Waals surface area contributed by atoms with Crippen LogP contribution in [-0.2, 0) is 4.79 Å². The topological polar surface area (TPSA) is 78.1 Å². The van der Waals surface area contributed by atoms with E-state index in [0.29, 0.717) is 16.4 Å². The number of anilines is 1. The number of hydrogen-bond donors (Lipinski definition) is 2. The number of rotatable bonds is 5. The van der Waals surface area contributed by atoms with E-state index in [9.17, 15) is 9.59 Å². The minimum absolute atomic E-state index is 0.0708. The molecule has 3 rings (SSSR count). The van der Waals surface area contributed by atoms with Gasteiger partial charge in [-0.05, 0) is 48.9 Å². The van der Waals surface area contributed by atoms with Crippen LogP contribution in [0.4, 0.5) is 5.69 Å². The highest BCUT2D eigenvalue weighted by Gasteiger charge is 2.10. The lowest BCUT2D eigenvalue weighted by Gasteiger charge is -2.10. The second-order valence-electron chi connectivity index (χ2n) is 6.18. The first kappa shape index (κ1) is 18.0. The Bertz CT molecular complexity index is 948. The first-order valence-corrected chi connectivity index (χ1v) is 9.11. The van der Waals surface area contributed by atoms with Gasteiger partial charge in [0.15, 0.2) is 5.16 Å². The number of H-pyrrole nitrogens is 1. The van der Waals surface area contributed by atoms with E-state index in [0.717, 1.165) is 16.6 Å². The molecule has 0 bridgehead atoms. The molecule has 0 saturated heterocycles. The highest BCUT2D eigenvalue weighted by molar-refractivity contribution is 7.99. The predicted molar refractivity (Wildman–Crippen MR) is 105 cm³/mol. The predicted octanol–water partition coefficient (Wildman–Crippen LogP) is 3.30. The third-order valence-corrected chi connectivity index (χ3v) is 4.65. The van der Waals surface area contributed by atoms with Crippen molar-refractivity contribution < 1.29 is 9.59 Å². The second kappa shape index (κ2) is 7.61. The van der Waals surface area contributed by atoms with Crippen molar-refractivity contribution in [2.24, 2.45) is 0 Å². The van der Waals surface area contributed by atoms with E-state index in [1.54, 1.807) is 38.4 Å². The molecular formula is C19H20N4O2S. The Labute approximate surface area is 156 Å². The highest BCUT2D eigenvalue weighted by atomic mass is 32.2. The minimum Gasteiger partial charge on any atom is -0.345 e. The standard InChI is InChI=1S/C19H20N4O2S/c1-12-4-9-15-16(10-12)22-19(21-15)26-11-17(24)20-14-7-5-13(6-8-14)18(25)23(2)3/h4-10H,11H2,1-3H3,(H,20,24)(H,21,22). The van der Waals surface area contributed by atoms with Crippen LogP contribution in [0.3, 0.4) is 0 Å². The van der Waals surface area contributed by atoms with Crippen LogP contribution in [0.25, 0.3) is 11.0 Å². The van der Waals surface area contributed by atoms with E-state index in [2.05, 4.69) is 15.3 Å². The zero-order chi connectivity index (χ0) is 18.7. The molecule has 134 valence electrons.